The van der Waals surface area contributed by atoms with E-state index in [9.17, 15) is 0 Å². The molecule has 0 radical (unpaired) electrons. The SMILES string of the molecule is Cn1cc(CCON)c2cccnc21. The summed E-state index contributed by atoms with van der Waals surface area (Å²) in [7, 11) is 1.99. The van der Waals surface area contributed by atoms with Crippen LogP contribution >= 0.6 is 0 Å². The van der Waals surface area contributed by atoms with Crippen LogP contribution in [0.25, 0.3) is 11.0 Å². The normalized spacial score (nSPS) is 11.0. The van der Waals surface area contributed by atoms with Gasteiger partial charge in [0.15, 0.2) is 0 Å². The van der Waals surface area contributed by atoms with Crippen LogP contribution in [-0.2, 0) is 18.3 Å². The van der Waals surface area contributed by atoms with Crippen LogP contribution in [0.3, 0.4) is 0 Å². The molecule has 0 saturated heterocycles. The Bertz CT molecular complexity index is 436. The van der Waals surface area contributed by atoms with Crippen LogP contribution in [0.5, 0.6) is 0 Å². The van der Waals surface area contributed by atoms with Gasteiger partial charge in [0.05, 0.1) is 6.61 Å². The van der Waals surface area contributed by atoms with E-state index in [0.717, 1.165) is 12.1 Å². The van der Waals surface area contributed by atoms with Crippen LogP contribution < -0.4 is 5.90 Å². The monoisotopic (exact) mass is 191 g/mol. The van der Waals surface area contributed by atoms with Crippen molar-refractivity contribution < 1.29 is 4.84 Å². The first-order valence-electron chi connectivity index (χ1n) is 4.53. The molecule has 0 aromatic carbocycles. The second-order valence-corrected chi connectivity index (χ2v) is 3.26. The van der Waals surface area contributed by atoms with E-state index in [1.54, 1.807) is 6.20 Å². The number of nitrogens with zero attached hydrogens (tertiary/aromatic N) is 2. The van der Waals surface area contributed by atoms with Crippen LogP contribution in [0.15, 0.2) is 24.5 Å². The molecule has 0 saturated carbocycles. The Balaban J connectivity index is 2.44. The van der Waals surface area contributed by atoms with Crippen molar-refractivity contribution in [1.29, 1.82) is 0 Å². The van der Waals surface area contributed by atoms with Gasteiger partial charge in [-0.2, -0.15) is 0 Å². The maximum Gasteiger partial charge on any atom is 0.139 e. The fourth-order valence-electron chi connectivity index (χ4n) is 1.66. The minimum absolute atomic E-state index is 0.536. The minimum Gasteiger partial charge on any atom is -0.335 e. The fraction of sp³-hybridized carbons (Fsp3) is 0.300. The van der Waals surface area contributed by atoms with E-state index in [2.05, 4.69) is 22.1 Å². The molecule has 2 heterocycles. The summed E-state index contributed by atoms with van der Waals surface area (Å²) in [6, 6.07) is 4.00. The molecule has 0 aliphatic rings. The standard InChI is InChI=1S/C10H13N3O/c1-13-7-8(4-6-14-11)9-3-2-5-12-10(9)13/h2-3,5,7H,4,6,11H2,1H3. The molecule has 2 N–H and O–H groups in total. The van der Waals surface area contributed by atoms with E-state index in [1.165, 1.54) is 10.9 Å². The smallest absolute Gasteiger partial charge is 0.139 e. The van der Waals surface area contributed by atoms with Crippen molar-refractivity contribution in [3.63, 3.8) is 0 Å². The zero-order valence-corrected chi connectivity index (χ0v) is 8.10. The molecular formula is C10H13N3O. The summed E-state index contributed by atoms with van der Waals surface area (Å²) in [5, 5.41) is 1.17. The fourth-order valence-corrected chi connectivity index (χ4v) is 1.66. The van der Waals surface area contributed by atoms with Crippen LogP contribution in [0, 0.1) is 0 Å². The zero-order valence-electron chi connectivity index (χ0n) is 8.10. The van der Waals surface area contributed by atoms with E-state index in [0.29, 0.717) is 6.61 Å². The Labute approximate surface area is 82.3 Å². The molecule has 74 valence electrons. The van der Waals surface area contributed by atoms with Crippen molar-refractivity contribution in [2.24, 2.45) is 12.9 Å². The van der Waals surface area contributed by atoms with E-state index in [4.69, 9.17) is 5.90 Å². The Morgan fingerprint density at radius 1 is 1.57 bits per heavy atom. The largest absolute Gasteiger partial charge is 0.335 e. The van der Waals surface area contributed by atoms with Gasteiger partial charge < -0.3 is 9.40 Å². The Morgan fingerprint density at radius 2 is 2.43 bits per heavy atom. The number of nitrogens with two attached hydrogens (primary N) is 1. The van der Waals surface area contributed by atoms with Gasteiger partial charge in [0.1, 0.15) is 5.65 Å². The highest BCUT2D eigenvalue weighted by atomic mass is 16.6. The average molecular weight is 191 g/mol. The van der Waals surface area contributed by atoms with Crippen molar-refractivity contribution in [1.82, 2.24) is 9.55 Å². The molecular weight excluding hydrogens is 178 g/mol. The van der Waals surface area contributed by atoms with Crippen molar-refractivity contribution in [2.45, 2.75) is 6.42 Å². The summed E-state index contributed by atoms with van der Waals surface area (Å²) in [6.45, 7) is 0.536. The van der Waals surface area contributed by atoms with Crippen LogP contribution in [0.2, 0.25) is 0 Å². The molecule has 0 bridgehead atoms. The maximum absolute atomic E-state index is 5.00. The lowest BCUT2D eigenvalue weighted by Crippen LogP contribution is -2.03. The Kier molecular flexibility index (Phi) is 2.47. The molecule has 0 aliphatic carbocycles. The predicted octanol–water partition coefficient (Wildman–Crippen LogP) is 1.01. The van der Waals surface area contributed by atoms with E-state index < -0.39 is 0 Å². The second kappa shape index (κ2) is 3.77. The number of fused-ring (bicyclic) bond motifs is 1. The summed E-state index contributed by atoms with van der Waals surface area (Å²) in [6.07, 6.45) is 4.68. The highest BCUT2D eigenvalue weighted by Gasteiger charge is 2.05. The quantitative estimate of drug-likeness (QED) is 0.736. The van der Waals surface area contributed by atoms with Gasteiger partial charge in [-0.3, -0.25) is 0 Å². The van der Waals surface area contributed by atoms with Gasteiger partial charge in [0.2, 0.25) is 0 Å². The third kappa shape index (κ3) is 1.49. The first-order valence-corrected chi connectivity index (χ1v) is 4.53. The molecule has 4 nitrogen and oxygen atoms in total. The molecule has 2 rings (SSSR count). The third-order valence-corrected chi connectivity index (χ3v) is 2.31. The average Bonchev–Trinajstić information content (AvgIpc) is 2.54. The Hall–Kier alpha value is -1.39. The van der Waals surface area contributed by atoms with Crippen LogP contribution in [-0.4, -0.2) is 16.2 Å². The van der Waals surface area contributed by atoms with Gasteiger partial charge in [0, 0.05) is 24.8 Å². The molecule has 0 aliphatic heterocycles. The molecule has 2 aromatic rings. The summed E-state index contributed by atoms with van der Waals surface area (Å²) < 4.78 is 2.02. The van der Waals surface area contributed by atoms with Crippen LogP contribution in [0.4, 0.5) is 0 Å². The summed E-state index contributed by atoms with van der Waals surface area (Å²) in [5.41, 5.74) is 2.22. The topological polar surface area (TPSA) is 53.1 Å². The molecule has 0 unspecified atom stereocenters. The molecule has 0 fully saturated rings. The van der Waals surface area contributed by atoms with Gasteiger partial charge >= 0.3 is 0 Å². The van der Waals surface area contributed by atoms with Gasteiger partial charge in [-0.1, -0.05) is 0 Å². The summed E-state index contributed by atoms with van der Waals surface area (Å²) in [5.74, 6) is 5.00. The van der Waals surface area contributed by atoms with Gasteiger partial charge in [-0.05, 0) is 24.1 Å². The van der Waals surface area contributed by atoms with E-state index in [-0.39, 0.29) is 0 Å². The van der Waals surface area contributed by atoms with Crippen molar-refractivity contribution in [3.8, 4) is 0 Å². The molecule has 14 heavy (non-hydrogen) atoms. The second-order valence-electron chi connectivity index (χ2n) is 3.26. The number of aryl methyl sites for hydroxylation is 1. The number of hydrogen-bond donors (Lipinski definition) is 1. The van der Waals surface area contributed by atoms with Crippen LogP contribution in [0.1, 0.15) is 5.56 Å². The van der Waals surface area contributed by atoms with E-state index in [1.807, 2.05) is 17.7 Å². The van der Waals surface area contributed by atoms with Crippen molar-refractivity contribution >= 4 is 11.0 Å². The minimum atomic E-state index is 0.536. The Morgan fingerprint density at radius 3 is 3.21 bits per heavy atom. The highest BCUT2D eigenvalue weighted by Crippen LogP contribution is 2.18. The molecule has 0 spiro atoms. The maximum atomic E-state index is 5.00. The molecule has 0 amide bonds. The predicted molar refractivity (Wildman–Crippen MR) is 54.6 cm³/mol. The van der Waals surface area contributed by atoms with Gasteiger partial charge in [-0.25, -0.2) is 10.9 Å². The van der Waals surface area contributed by atoms with Gasteiger partial charge in [-0.15, -0.1) is 0 Å². The van der Waals surface area contributed by atoms with Crippen molar-refractivity contribution in [2.75, 3.05) is 6.61 Å². The lowest BCUT2D eigenvalue weighted by Gasteiger charge is -1.96. The first kappa shape index (κ1) is 9.18. The van der Waals surface area contributed by atoms with E-state index >= 15 is 0 Å². The first-order chi connectivity index (χ1) is 6.83. The highest BCUT2D eigenvalue weighted by molar-refractivity contribution is 5.80. The molecule has 0 atom stereocenters. The number of hydrogen-bond acceptors (Lipinski definition) is 3. The number of pyridine rings is 1. The molecule has 4 heteroatoms. The summed E-state index contributed by atoms with van der Waals surface area (Å²) in [4.78, 5) is 8.87. The number of rotatable bonds is 3. The zero-order chi connectivity index (χ0) is 9.97. The van der Waals surface area contributed by atoms with Crippen molar-refractivity contribution in [3.05, 3.63) is 30.1 Å². The third-order valence-electron chi connectivity index (χ3n) is 2.31. The summed E-state index contributed by atoms with van der Waals surface area (Å²) >= 11 is 0. The number of aromatic nitrogens is 2. The lowest BCUT2D eigenvalue weighted by molar-refractivity contribution is 0.141. The van der Waals surface area contributed by atoms with Gasteiger partial charge in [0.25, 0.3) is 0 Å². The molecule has 2 aromatic heterocycles. The lowest BCUT2D eigenvalue weighted by atomic mass is 10.2.